The molecule has 0 unspecified atom stereocenters. The van der Waals surface area contributed by atoms with E-state index in [4.69, 9.17) is 0 Å². The lowest BCUT2D eigenvalue weighted by Crippen LogP contribution is -2.32. The first-order valence-corrected chi connectivity index (χ1v) is 6.31. The molecular weight excluding hydrogens is 215 g/mol. The van der Waals surface area contributed by atoms with Crippen molar-refractivity contribution in [3.63, 3.8) is 0 Å². The van der Waals surface area contributed by atoms with Crippen molar-refractivity contribution in [2.45, 2.75) is 20.4 Å². The van der Waals surface area contributed by atoms with Gasteiger partial charge in [0.05, 0.1) is 0 Å². The molecule has 0 atom stereocenters. The van der Waals surface area contributed by atoms with Crippen LogP contribution in [0, 0.1) is 5.82 Å². The second-order valence-electron chi connectivity index (χ2n) is 4.36. The summed E-state index contributed by atoms with van der Waals surface area (Å²) in [5, 5.41) is 0. The predicted octanol–water partition coefficient (Wildman–Crippen LogP) is 2.60. The van der Waals surface area contributed by atoms with Crippen LogP contribution in [-0.2, 0) is 6.54 Å². The van der Waals surface area contributed by atoms with Crippen LogP contribution >= 0.6 is 0 Å². The van der Waals surface area contributed by atoms with E-state index in [1.165, 1.54) is 6.07 Å². The zero-order chi connectivity index (χ0) is 12.7. The lowest BCUT2D eigenvalue weighted by atomic mass is 10.2. The van der Waals surface area contributed by atoms with Crippen LogP contribution in [-0.4, -0.2) is 43.0 Å². The summed E-state index contributed by atoms with van der Waals surface area (Å²) in [4.78, 5) is 4.54. The standard InChI is InChI=1S/C14H23FN2/c1-4-17(5-2)11-10-16(3)12-13-8-6-7-9-14(13)15/h6-9H,4-5,10-12H2,1-3H3. The zero-order valence-corrected chi connectivity index (χ0v) is 11.1. The van der Waals surface area contributed by atoms with Crippen molar-refractivity contribution < 1.29 is 4.39 Å². The van der Waals surface area contributed by atoms with Gasteiger partial charge in [-0.15, -0.1) is 0 Å². The van der Waals surface area contributed by atoms with E-state index in [0.29, 0.717) is 6.54 Å². The fourth-order valence-electron chi connectivity index (χ4n) is 1.85. The molecule has 1 aromatic carbocycles. The minimum Gasteiger partial charge on any atom is -0.303 e. The molecule has 1 aromatic rings. The summed E-state index contributed by atoms with van der Waals surface area (Å²) >= 11 is 0. The molecule has 0 aliphatic rings. The first kappa shape index (κ1) is 14.1. The van der Waals surface area contributed by atoms with Crippen molar-refractivity contribution in [1.82, 2.24) is 9.80 Å². The van der Waals surface area contributed by atoms with Crippen LogP contribution in [0.25, 0.3) is 0 Å². The van der Waals surface area contributed by atoms with Gasteiger partial charge in [0.25, 0.3) is 0 Å². The van der Waals surface area contributed by atoms with Crippen molar-refractivity contribution in [3.8, 4) is 0 Å². The summed E-state index contributed by atoms with van der Waals surface area (Å²) in [6.07, 6.45) is 0. The van der Waals surface area contributed by atoms with Crippen LogP contribution in [0.1, 0.15) is 19.4 Å². The first-order valence-electron chi connectivity index (χ1n) is 6.31. The molecule has 0 aliphatic carbocycles. The van der Waals surface area contributed by atoms with Gasteiger partial charge in [-0.05, 0) is 26.2 Å². The van der Waals surface area contributed by atoms with Crippen LogP contribution in [0.3, 0.4) is 0 Å². The molecule has 0 saturated carbocycles. The molecule has 2 nitrogen and oxygen atoms in total. The van der Waals surface area contributed by atoms with Crippen molar-refractivity contribution >= 4 is 0 Å². The van der Waals surface area contributed by atoms with Crippen molar-refractivity contribution in [3.05, 3.63) is 35.6 Å². The molecule has 0 aliphatic heterocycles. The smallest absolute Gasteiger partial charge is 0.127 e. The van der Waals surface area contributed by atoms with Crippen LogP contribution in [0.5, 0.6) is 0 Å². The Hall–Kier alpha value is -0.930. The quantitative estimate of drug-likeness (QED) is 0.720. The molecule has 17 heavy (non-hydrogen) atoms. The largest absolute Gasteiger partial charge is 0.303 e. The van der Waals surface area contributed by atoms with Gasteiger partial charge in [0.15, 0.2) is 0 Å². The molecule has 0 radical (unpaired) electrons. The molecule has 0 amide bonds. The molecule has 96 valence electrons. The van der Waals surface area contributed by atoms with Gasteiger partial charge in [0.2, 0.25) is 0 Å². The zero-order valence-electron chi connectivity index (χ0n) is 11.1. The second-order valence-corrected chi connectivity index (χ2v) is 4.36. The monoisotopic (exact) mass is 238 g/mol. The number of hydrogen-bond acceptors (Lipinski definition) is 2. The van der Waals surface area contributed by atoms with Crippen molar-refractivity contribution in [2.75, 3.05) is 33.2 Å². The van der Waals surface area contributed by atoms with Gasteiger partial charge >= 0.3 is 0 Å². The highest BCUT2D eigenvalue weighted by molar-refractivity contribution is 5.16. The fraction of sp³-hybridized carbons (Fsp3) is 0.571. The van der Waals surface area contributed by atoms with Gasteiger partial charge in [-0.2, -0.15) is 0 Å². The van der Waals surface area contributed by atoms with Gasteiger partial charge in [-0.1, -0.05) is 32.0 Å². The van der Waals surface area contributed by atoms with Crippen LogP contribution in [0.15, 0.2) is 24.3 Å². The summed E-state index contributed by atoms with van der Waals surface area (Å²) in [6, 6.07) is 6.99. The van der Waals surface area contributed by atoms with Gasteiger partial charge < -0.3 is 9.80 Å². The Balaban J connectivity index is 2.39. The summed E-state index contributed by atoms with van der Waals surface area (Å²) in [5.74, 6) is -0.109. The van der Waals surface area contributed by atoms with Gasteiger partial charge in [0, 0.05) is 25.2 Å². The second kappa shape index (κ2) is 7.41. The topological polar surface area (TPSA) is 6.48 Å². The van der Waals surface area contributed by atoms with Crippen molar-refractivity contribution in [2.24, 2.45) is 0 Å². The highest BCUT2D eigenvalue weighted by Gasteiger charge is 2.06. The summed E-state index contributed by atoms with van der Waals surface area (Å²) in [7, 11) is 2.04. The molecule has 0 aromatic heterocycles. The highest BCUT2D eigenvalue weighted by Crippen LogP contribution is 2.08. The maximum Gasteiger partial charge on any atom is 0.127 e. The first-order chi connectivity index (χ1) is 8.17. The maximum atomic E-state index is 13.4. The molecule has 0 fully saturated rings. The minimum atomic E-state index is -0.109. The molecule has 0 saturated heterocycles. The van der Waals surface area contributed by atoms with Crippen LogP contribution in [0.2, 0.25) is 0 Å². The van der Waals surface area contributed by atoms with E-state index in [1.54, 1.807) is 6.07 Å². The van der Waals surface area contributed by atoms with E-state index in [1.807, 2.05) is 19.2 Å². The third-order valence-corrected chi connectivity index (χ3v) is 3.09. The Morgan fingerprint density at radius 2 is 1.71 bits per heavy atom. The molecule has 0 bridgehead atoms. The summed E-state index contributed by atoms with van der Waals surface area (Å²) < 4.78 is 13.4. The van der Waals surface area contributed by atoms with Crippen LogP contribution in [0.4, 0.5) is 4.39 Å². The van der Waals surface area contributed by atoms with Gasteiger partial charge in [-0.25, -0.2) is 4.39 Å². The number of likely N-dealkylation sites (N-methyl/N-ethyl adjacent to an activating group) is 2. The number of rotatable bonds is 7. The van der Waals surface area contributed by atoms with Gasteiger partial charge in [0.1, 0.15) is 5.82 Å². The van der Waals surface area contributed by atoms with Crippen molar-refractivity contribution in [1.29, 1.82) is 0 Å². The number of hydrogen-bond donors (Lipinski definition) is 0. The Bertz CT molecular complexity index is 324. The number of halogens is 1. The van der Waals surface area contributed by atoms with E-state index in [0.717, 1.165) is 31.7 Å². The predicted molar refractivity (Wildman–Crippen MR) is 70.5 cm³/mol. The summed E-state index contributed by atoms with van der Waals surface area (Å²) in [6.45, 7) is 9.16. The molecule has 0 heterocycles. The Labute approximate surface area is 104 Å². The normalized spacial score (nSPS) is 11.4. The molecule has 1 rings (SSSR count). The fourth-order valence-corrected chi connectivity index (χ4v) is 1.85. The third kappa shape index (κ3) is 4.84. The molecule has 0 spiro atoms. The Morgan fingerprint density at radius 3 is 2.29 bits per heavy atom. The lowest BCUT2D eigenvalue weighted by molar-refractivity contribution is 0.235. The van der Waals surface area contributed by atoms with E-state index >= 15 is 0 Å². The third-order valence-electron chi connectivity index (χ3n) is 3.09. The lowest BCUT2D eigenvalue weighted by Gasteiger charge is -2.23. The molecule has 0 N–H and O–H groups in total. The van der Waals surface area contributed by atoms with Gasteiger partial charge in [-0.3, -0.25) is 0 Å². The van der Waals surface area contributed by atoms with E-state index in [2.05, 4.69) is 23.6 Å². The summed E-state index contributed by atoms with van der Waals surface area (Å²) in [5.41, 5.74) is 0.773. The maximum absolute atomic E-state index is 13.4. The minimum absolute atomic E-state index is 0.109. The number of nitrogens with zero attached hydrogens (tertiary/aromatic N) is 2. The van der Waals surface area contributed by atoms with E-state index in [9.17, 15) is 4.39 Å². The molecule has 3 heteroatoms. The van der Waals surface area contributed by atoms with Crippen LogP contribution < -0.4 is 0 Å². The average molecular weight is 238 g/mol. The average Bonchev–Trinajstić information content (AvgIpc) is 2.33. The van der Waals surface area contributed by atoms with E-state index in [-0.39, 0.29) is 5.82 Å². The Kier molecular flexibility index (Phi) is 6.16. The molecular formula is C14H23FN2. The number of benzene rings is 1. The van der Waals surface area contributed by atoms with E-state index < -0.39 is 0 Å². The Morgan fingerprint density at radius 1 is 1.06 bits per heavy atom. The highest BCUT2D eigenvalue weighted by atomic mass is 19.1. The SMILES string of the molecule is CCN(CC)CCN(C)Cc1ccccc1F.